The number of aromatic nitrogens is 1. The molecular weight excluding hydrogens is 216 g/mol. The average molecular weight is 232 g/mol. The van der Waals surface area contributed by atoms with Crippen molar-refractivity contribution in [2.45, 2.75) is 20.3 Å². The predicted octanol–water partition coefficient (Wildman–Crippen LogP) is 2.17. The Morgan fingerprint density at radius 2 is 2.35 bits per heavy atom. The second-order valence-corrected chi connectivity index (χ2v) is 3.36. The standard InChI is InChI=1S/C12H16N4O/c1-3-5-17-12(16-9-13)10-6-11(15-4-2)8-14-7-10/h6-8,15H,3-5H2,1-2H3. The van der Waals surface area contributed by atoms with Gasteiger partial charge >= 0.3 is 0 Å². The maximum Gasteiger partial charge on any atom is 0.233 e. The Morgan fingerprint density at radius 3 is 3.00 bits per heavy atom. The zero-order chi connectivity index (χ0) is 12.5. The first-order valence-electron chi connectivity index (χ1n) is 5.60. The number of hydrogen-bond acceptors (Lipinski definition) is 5. The number of nitrogens with one attached hydrogen (secondary N) is 1. The molecule has 0 aliphatic carbocycles. The Labute approximate surface area is 101 Å². The van der Waals surface area contributed by atoms with Gasteiger partial charge in [-0.1, -0.05) is 6.92 Å². The van der Waals surface area contributed by atoms with Crippen molar-refractivity contribution in [1.82, 2.24) is 4.98 Å². The van der Waals surface area contributed by atoms with Gasteiger partial charge in [-0.15, -0.1) is 4.99 Å². The van der Waals surface area contributed by atoms with Crippen molar-refractivity contribution in [3.05, 3.63) is 24.0 Å². The number of hydrogen-bond donors (Lipinski definition) is 1. The van der Waals surface area contributed by atoms with E-state index in [1.165, 1.54) is 0 Å². The van der Waals surface area contributed by atoms with Gasteiger partial charge in [-0.05, 0) is 19.4 Å². The van der Waals surface area contributed by atoms with Gasteiger partial charge in [0.25, 0.3) is 0 Å². The SMILES string of the molecule is CCCOC(=NC#N)c1cncc(NCC)c1. The summed E-state index contributed by atoms with van der Waals surface area (Å²) in [4.78, 5) is 7.75. The molecule has 0 radical (unpaired) electrons. The summed E-state index contributed by atoms with van der Waals surface area (Å²) >= 11 is 0. The van der Waals surface area contributed by atoms with Crippen molar-refractivity contribution >= 4 is 11.6 Å². The molecule has 5 heteroatoms. The molecule has 1 N–H and O–H groups in total. The van der Waals surface area contributed by atoms with E-state index in [2.05, 4.69) is 15.3 Å². The summed E-state index contributed by atoms with van der Waals surface area (Å²) < 4.78 is 5.41. The molecule has 0 fully saturated rings. The Morgan fingerprint density at radius 1 is 1.53 bits per heavy atom. The lowest BCUT2D eigenvalue weighted by atomic mass is 10.2. The van der Waals surface area contributed by atoms with Gasteiger partial charge in [0, 0.05) is 18.9 Å². The van der Waals surface area contributed by atoms with Crippen LogP contribution in [-0.4, -0.2) is 24.0 Å². The normalized spacial score (nSPS) is 10.8. The first kappa shape index (κ1) is 13.0. The van der Waals surface area contributed by atoms with Crippen LogP contribution in [0.15, 0.2) is 23.5 Å². The fraction of sp³-hybridized carbons (Fsp3) is 0.417. The van der Waals surface area contributed by atoms with Crippen LogP contribution in [-0.2, 0) is 4.74 Å². The van der Waals surface area contributed by atoms with Gasteiger partial charge in [-0.2, -0.15) is 5.26 Å². The Kier molecular flexibility index (Phi) is 5.52. The first-order chi connectivity index (χ1) is 8.31. The first-order valence-corrected chi connectivity index (χ1v) is 5.60. The summed E-state index contributed by atoms with van der Waals surface area (Å²) in [7, 11) is 0. The van der Waals surface area contributed by atoms with Gasteiger partial charge in [-0.25, -0.2) is 0 Å². The summed E-state index contributed by atoms with van der Waals surface area (Å²) in [5.41, 5.74) is 1.59. The highest BCUT2D eigenvalue weighted by atomic mass is 16.5. The van der Waals surface area contributed by atoms with E-state index in [1.807, 2.05) is 19.9 Å². The van der Waals surface area contributed by atoms with E-state index < -0.39 is 0 Å². The van der Waals surface area contributed by atoms with E-state index in [0.717, 1.165) is 18.7 Å². The third kappa shape index (κ3) is 4.11. The summed E-state index contributed by atoms with van der Waals surface area (Å²) in [6.07, 6.45) is 5.96. The summed E-state index contributed by atoms with van der Waals surface area (Å²) in [5, 5.41) is 11.8. The molecule has 1 aromatic rings. The lowest BCUT2D eigenvalue weighted by molar-refractivity contribution is 0.306. The van der Waals surface area contributed by atoms with E-state index >= 15 is 0 Å². The molecule has 0 spiro atoms. The molecule has 5 nitrogen and oxygen atoms in total. The van der Waals surface area contributed by atoms with E-state index in [9.17, 15) is 0 Å². The molecule has 0 aromatic carbocycles. The Bertz CT molecular complexity index is 423. The van der Waals surface area contributed by atoms with Crippen molar-refractivity contribution in [1.29, 1.82) is 5.26 Å². The van der Waals surface area contributed by atoms with Gasteiger partial charge in [0.1, 0.15) is 0 Å². The molecule has 0 amide bonds. The minimum Gasteiger partial charge on any atom is -0.477 e. The number of nitrogens with zero attached hydrogens (tertiary/aromatic N) is 3. The highest BCUT2D eigenvalue weighted by Crippen LogP contribution is 2.10. The monoisotopic (exact) mass is 232 g/mol. The second kappa shape index (κ2) is 7.23. The van der Waals surface area contributed by atoms with Crippen LogP contribution in [0.2, 0.25) is 0 Å². The third-order valence-corrected chi connectivity index (χ3v) is 1.96. The second-order valence-electron chi connectivity index (χ2n) is 3.36. The molecule has 0 aliphatic rings. The Balaban J connectivity index is 2.90. The van der Waals surface area contributed by atoms with Crippen molar-refractivity contribution in [3.63, 3.8) is 0 Å². The van der Waals surface area contributed by atoms with E-state index in [1.54, 1.807) is 18.6 Å². The third-order valence-electron chi connectivity index (χ3n) is 1.96. The fourth-order valence-electron chi connectivity index (χ4n) is 1.28. The molecular formula is C12H16N4O. The zero-order valence-electron chi connectivity index (χ0n) is 10.1. The smallest absolute Gasteiger partial charge is 0.233 e. The van der Waals surface area contributed by atoms with Crippen LogP contribution in [0.5, 0.6) is 0 Å². The lowest BCUT2D eigenvalue weighted by Crippen LogP contribution is -2.09. The van der Waals surface area contributed by atoms with Gasteiger partial charge in [0.15, 0.2) is 0 Å². The summed E-state index contributed by atoms with van der Waals surface area (Å²) in [6, 6.07) is 1.86. The highest BCUT2D eigenvalue weighted by Gasteiger charge is 2.06. The molecule has 1 rings (SSSR count). The molecule has 17 heavy (non-hydrogen) atoms. The molecule has 0 unspecified atom stereocenters. The molecule has 1 aromatic heterocycles. The number of pyridine rings is 1. The number of ether oxygens (including phenoxy) is 1. The van der Waals surface area contributed by atoms with E-state index in [-0.39, 0.29) is 0 Å². The van der Waals surface area contributed by atoms with Crippen LogP contribution in [0.25, 0.3) is 0 Å². The van der Waals surface area contributed by atoms with Crippen LogP contribution >= 0.6 is 0 Å². The number of nitriles is 1. The average Bonchev–Trinajstić information content (AvgIpc) is 2.35. The van der Waals surface area contributed by atoms with Crippen LogP contribution < -0.4 is 5.32 Å². The molecule has 0 bridgehead atoms. The molecule has 0 aliphatic heterocycles. The van der Waals surface area contributed by atoms with Crippen molar-refractivity contribution in [2.24, 2.45) is 4.99 Å². The lowest BCUT2D eigenvalue weighted by Gasteiger charge is -2.08. The number of anilines is 1. The quantitative estimate of drug-likeness (QED) is 0.480. The molecule has 0 saturated heterocycles. The van der Waals surface area contributed by atoms with E-state index in [0.29, 0.717) is 18.1 Å². The van der Waals surface area contributed by atoms with Gasteiger partial charge in [0.2, 0.25) is 12.1 Å². The van der Waals surface area contributed by atoms with Gasteiger partial charge < -0.3 is 10.1 Å². The maximum absolute atomic E-state index is 8.62. The fourth-order valence-corrected chi connectivity index (χ4v) is 1.28. The van der Waals surface area contributed by atoms with Crippen molar-refractivity contribution in [3.8, 4) is 6.19 Å². The predicted molar refractivity (Wildman–Crippen MR) is 66.8 cm³/mol. The number of aliphatic imine (C=N–C) groups is 1. The topological polar surface area (TPSA) is 70.3 Å². The maximum atomic E-state index is 8.62. The molecule has 0 saturated carbocycles. The van der Waals surface area contributed by atoms with Crippen LogP contribution in [0.3, 0.4) is 0 Å². The van der Waals surface area contributed by atoms with Crippen LogP contribution in [0, 0.1) is 11.5 Å². The molecule has 0 atom stereocenters. The largest absolute Gasteiger partial charge is 0.477 e. The number of rotatable bonds is 5. The summed E-state index contributed by atoms with van der Waals surface area (Å²) in [5.74, 6) is 0.321. The highest BCUT2D eigenvalue weighted by molar-refractivity contribution is 5.95. The Hall–Kier alpha value is -2.09. The van der Waals surface area contributed by atoms with Crippen molar-refractivity contribution in [2.75, 3.05) is 18.5 Å². The van der Waals surface area contributed by atoms with Gasteiger partial charge in [0.05, 0.1) is 17.9 Å². The molecule has 1 heterocycles. The minimum atomic E-state index is 0.321. The van der Waals surface area contributed by atoms with Crippen LogP contribution in [0.4, 0.5) is 5.69 Å². The van der Waals surface area contributed by atoms with Crippen molar-refractivity contribution < 1.29 is 4.74 Å². The van der Waals surface area contributed by atoms with Gasteiger partial charge in [-0.3, -0.25) is 4.98 Å². The zero-order valence-corrected chi connectivity index (χ0v) is 10.1. The van der Waals surface area contributed by atoms with E-state index in [4.69, 9.17) is 10.00 Å². The molecule has 90 valence electrons. The summed E-state index contributed by atoms with van der Waals surface area (Å²) in [6.45, 7) is 5.35. The van der Waals surface area contributed by atoms with Crippen LogP contribution in [0.1, 0.15) is 25.8 Å². The minimum absolute atomic E-state index is 0.321.